The van der Waals surface area contributed by atoms with Crippen molar-refractivity contribution in [2.45, 2.75) is 71.0 Å². The summed E-state index contributed by atoms with van der Waals surface area (Å²) in [5.74, 6) is 0. The first-order valence-electron chi connectivity index (χ1n) is 8.54. The van der Waals surface area contributed by atoms with E-state index in [0.717, 1.165) is 12.3 Å². The van der Waals surface area contributed by atoms with Gasteiger partial charge >= 0.3 is 12.3 Å². The van der Waals surface area contributed by atoms with E-state index in [0.29, 0.717) is 0 Å². The van der Waals surface area contributed by atoms with Gasteiger partial charge in [0.1, 0.15) is 33.1 Å². The number of alkyl halides is 3. The highest BCUT2D eigenvalue weighted by atomic mass is 32.2. The molecule has 2 atom stereocenters. The van der Waals surface area contributed by atoms with E-state index in [-0.39, 0.29) is 11.3 Å². The van der Waals surface area contributed by atoms with Gasteiger partial charge in [-0.3, -0.25) is 4.98 Å². The summed E-state index contributed by atoms with van der Waals surface area (Å²) in [7, 11) is 0. The van der Waals surface area contributed by atoms with Gasteiger partial charge in [-0.15, -0.1) is 0 Å². The molecule has 1 unspecified atom stereocenters. The predicted octanol–water partition coefficient (Wildman–Crippen LogP) is 4.26. The van der Waals surface area contributed by atoms with E-state index in [1.807, 2.05) is 0 Å². The van der Waals surface area contributed by atoms with Crippen LogP contribution in [0.15, 0.2) is 22.7 Å². The monoisotopic (exact) mass is 421 g/mol. The van der Waals surface area contributed by atoms with Crippen molar-refractivity contribution in [2.24, 2.45) is 4.40 Å². The van der Waals surface area contributed by atoms with Crippen LogP contribution in [0.1, 0.15) is 59.7 Å². The first-order chi connectivity index (χ1) is 12.5. The summed E-state index contributed by atoms with van der Waals surface area (Å²) < 4.78 is 59.4. The Bertz CT molecular complexity index is 708. The molecular formula is C18H26F3N3O3S. The predicted molar refractivity (Wildman–Crippen MR) is 103 cm³/mol. The van der Waals surface area contributed by atoms with E-state index in [9.17, 15) is 22.5 Å². The van der Waals surface area contributed by atoms with Gasteiger partial charge in [0.05, 0.1) is 6.04 Å². The number of ether oxygens (including phenoxy) is 1. The van der Waals surface area contributed by atoms with Crippen LogP contribution in [0.5, 0.6) is 0 Å². The zero-order valence-corrected chi connectivity index (χ0v) is 17.8. The van der Waals surface area contributed by atoms with Crippen molar-refractivity contribution in [3.8, 4) is 0 Å². The van der Waals surface area contributed by atoms with E-state index < -0.39 is 45.7 Å². The number of alkyl carbamates (subject to hydrolysis) is 1. The lowest BCUT2D eigenvalue weighted by Crippen LogP contribution is -2.43. The molecule has 0 saturated heterocycles. The Morgan fingerprint density at radius 1 is 1.21 bits per heavy atom. The molecule has 0 aliphatic rings. The van der Waals surface area contributed by atoms with Crippen LogP contribution in [-0.2, 0) is 22.3 Å². The lowest BCUT2D eigenvalue weighted by atomic mass is 10.1. The number of carbonyl (C=O) groups is 1. The Morgan fingerprint density at radius 2 is 1.79 bits per heavy atom. The Kier molecular flexibility index (Phi) is 7.52. The summed E-state index contributed by atoms with van der Waals surface area (Å²) in [4.78, 5) is 15.5. The highest BCUT2D eigenvalue weighted by Crippen LogP contribution is 2.27. The molecule has 1 aromatic heterocycles. The third-order valence-electron chi connectivity index (χ3n) is 3.20. The van der Waals surface area contributed by atoms with E-state index in [1.165, 1.54) is 6.07 Å². The smallest absolute Gasteiger partial charge is 0.433 e. The van der Waals surface area contributed by atoms with Gasteiger partial charge in [0, 0.05) is 11.8 Å². The maximum atomic E-state index is 12.8. The lowest BCUT2D eigenvalue weighted by molar-refractivity contribution is -0.141. The van der Waals surface area contributed by atoms with Gasteiger partial charge < -0.3 is 14.6 Å². The van der Waals surface area contributed by atoms with Gasteiger partial charge in [0.15, 0.2) is 0 Å². The Balaban J connectivity index is 3.23. The van der Waals surface area contributed by atoms with Crippen molar-refractivity contribution >= 4 is 23.2 Å². The first kappa shape index (κ1) is 24.2. The standard InChI is InChI=1S/C18H26F3N3O3S/c1-11(23-15(25)27-16(2,3)4)14(24-28(26)17(5,6)7)12-8-9-13(22-10-12)18(19,20)21/h8-11H,1-7H3,(H,23,25)/t11-,28?/m0/s1. The van der Waals surface area contributed by atoms with E-state index in [1.54, 1.807) is 48.5 Å². The average Bonchev–Trinajstić information content (AvgIpc) is 2.48. The number of rotatable bonds is 4. The number of carbonyl (C=O) groups excluding carboxylic acids is 1. The van der Waals surface area contributed by atoms with Crippen molar-refractivity contribution in [1.82, 2.24) is 10.3 Å². The fourth-order valence-electron chi connectivity index (χ4n) is 1.87. The molecule has 0 spiro atoms. The summed E-state index contributed by atoms with van der Waals surface area (Å²) in [5, 5.41) is 2.56. The second kappa shape index (κ2) is 8.69. The number of hydrogen-bond acceptors (Lipinski definition) is 5. The first-order valence-corrected chi connectivity index (χ1v) is 9.65. The molecule has 0 aliphatic heterocycles. The molecule has 0 radical (unpaired) electrons. The molecule has 0 aromatic carbocycles. The van der Waals surface area contributed by atoms with E-state index in [2.05, 4.69) is 14.7 Å². The molecule has 1 heterocycles. The molecule has 158 valence electrons. The third-order valence-corrected chi connectivity index (χ3v) is 4.61. The molecule has 0 bridgehead atoms. The molecular weight excluding hydrogens is 395 g/mol. The minimum Gasteiger partial charge on any atom is -0.591 e. The quantitative estimate of drug-likeness (QED) is 0.581. The van der Waals surface area contributed by atoms with E-state index >= 15 is 0 Å². The normalized spacial score (nSPS) is 15.8. The zero-order valence-electron chi connectivity index (χ0n) is 17.0. The van der Waals surface area contributed by atoms with Crippen molar-refractivity contribution in [3.05, 3.63) is 29.6 Å². The second-order valence-corrected chi connectivity index (χ2v) is 10.0. The Morgan fingerprint density at radius 3 is 2.18 bits per heavy atom. The van der Waals surface area contributed by atoms with Gasteiger partial charge in [0.2, 0.25) is 0 Å². The molecule has 0 fully saturated rings. The molecule has 1 aromatic rings. The summed E-state index contributed by atoms with van der Waals surface area (Å²) in [5.41, 5.74) is -1.43. The Labute approximate surface area is 166 Å². The van der Waals surface area contributed by atoms with Crippen LogP contribution >= 0.6 is 0 Å². The highest BCUT2D eigenvalue weighted by molar-refractivity contribution is 7.91. The van der Waals surface area contributed by atoms with Gasteiger partial charge in [-0.1, -0.05) is 4.40 Å². The summed E-state index contributed by atoms with van der Waals surface area (Å²) in [6, 6.07) is 1.21. The van der Waals surface area contributed by atoms with Crippen LogP contribution in [0.3, 0.4) is 0 Å². The summed E-state index contributed by atoms with van der Waals surface area (Å²) >= 11 is -1.70. The van der Waals surface area contributed by atoms with Crippen molar-refractivity contribution in [2.75, 3.05) is 0 Å². The van der Waals surface area contributed by atoms with Gasteiger partial charge in [-0.2, -0.15) is 13.2 Å². The van der Waals surface area contributed by atoms with Crippen LogP contribution in [0.4, 0.5) is 18.0 Å². The number of amides is 1. The molecule has 1 rings (SSSR count). The highest BCUT2D eigenvalue weighted by Gasteiger charge is 2.33. The number of nitrogens with one attached hydrogen (secondary N) is 1. The number of nitrogens with zero attached hydrogens (tertiary/aromatic N) is 2. The van der Waals surface area contributed by atoms with Crippen LogP contribution in [0.2, 0.25) is 0 Å². The average molecular weight is 421 g/mol. The van der Waals surface area contributed by atoms with E-state index in [4.69, 9.17) is 4.74 Å². The number of hydrogen-bond donors (Lipinski definition) is 1. The van der Waals surface area contributed by atoms with Crippen molar-refractivity contribution < 1.29 is 27.3 Å². The fraction of sp³-hybridized carbons (Fsp3) is 0.611. The van der Waals surface area contributed by atoms with Crippen molar-refractivity contribution in [3.63, 3.8) is 0 Å². The zero-order chi connectivity index (χ0) is 21.9. The molecule has 0 aliphatic carbocycles. The molecule has 28 heavy (non-hydrogen) atoms. The summed E-state index contributed by atoms with van der Waals surface area (Å²) in [6.45, 7) is 11.8. The van der Waals surface area contributed by atoms with Gasteiger partial charge in [-0.25, -0.2) is 4.79 Å². The van der Waals surface area contributed by atoms with Crippen molar-refractivity contribution in [1.29, 1.82) is 0 Å². The Hall–Kier alpha value is -1.81. The van der Waals surface area contributed by atoms with Crippen LogP contribution in [0, 0.1) is 0 Å². The number of aromatic nitrogens is 1. The van der Waals surface area contributed by atoms with Gasteiger partial charge in [0.25, 0.3) is 0 Å². The number of halogens is 3. The van der Waals surface area contributed by atoms with Crippen LogP contribution in [0.25, 0.3) is 0 Å². The largest absolute Gasteiger partial charge is 0.591 e. The van der Waals surface area contributed by atoms with Crippen LogP contribution < -0.4 is 5.32 Å². The SMILES string of the molecule is C[C@H](NC(=O)OC(C)(C)C)C(=N[S+]([O-])C(C)(C)C)c1ccc(C(F)(F)F)nc1. The molecule has 10 heteroatoms. The maximum absolute atomic E-state index is 12.8. The fourth-order valence-corrected chi connectivity index (χ4v) is 2.59. The molecule has 0 saturated carbocycles. The number of pyridine rings is 1. The van der Waals surface area contributed by atoms with Gasteiger partial charge in [-0.05, 0) is 60.6 Å². The minimum absolute atomic E-state index is 0.139. The molecule has 1 amide bonds. The third kappa shape index (κ3) is 7.67. The van der Waals surface area contributed by atoms with Crippen LogP contribution in [-0.4, -0.2) is 37.7 Å². The molecule has 6 nitrogen and oxygen atoms in total. The molecule has 1 N–H and O–H groups in total. The summed E-state index contributed by atoms with van der Waals surface area (Å²) in [6.07, 6.45) is -4.31. The topological polar surface area (TPSA) is 86.6 Å². The maximum Gasteiger partial charge on any atom is 0.433 e. The minimum atomic E-state index is -4.58. The second-order valence-electron chi connectivity index (χ2n) is 8.14. The lowest BCUT2D eigenvalue weighted by Gasteiger charge is -2.24.